The number of imidazole rings is 1. The number of halogens is 6. The van der Waals surface area contributed by atoms with Crippen LogP contribution in [0, 0.1) is 17.5 Å². The van der Waals surface area contributed by atoms with E-state index in [4.69, 9.17) is 14.7 Å². The van der Waals surface area contributed by atoms with Crippen molar-refractivity contribution in [2.45, 2.75) is 38.1 Å². The van der Waals surface area contributed by atoms with Gasteiger partial charge in [-0.25, -0.2) is 28.2 Å². The summed E-state index contributed by atoms with van der Waals surface area (Å²) in [6.45, 7) is -0.845. The second-order valence-electron chi connectivity index (χ2n) is 7.44. The maximum absolute atomic E-state index is 13.8. The van der Waals surface area contributed by atoms with E-state index in [1.165, 1.54) is 0 Å². The van der Waals surface area contributed by atoms with E-state index < -0.39 is 67.9 Å². The molecule has 2 aromatic rings. The number of aromatic nitrogens is 2. The van der Waals surface area contributed by atoms with Gasteiger partial charge in [-0.3, -0.25) is 4.79 Å². The van der Waals surface area contributed by atoms with Crippen LogP contribution in [-0.2, 0) is 39.7 Å². The molecule has 0 radical (unpaired) electrons. The Morgan fingerprint density at radius 3 is 2.33 bits per heavy atom. The van der Waals surface area contributed by atoms with Crippen LogP contribution in [0.4, 0.5) is 26.3 Å². The number of quaternary nitrogens is 1. The average Bonchev–Trinajstić information content (AvgIpc) is 3.17. The van der Waals surface area contributed by atoms with Crippen LogP contribution in [0.1, 0.15) is 35.4 Å². The van der Waals surface area contributed by atoms with Gasteiger partial charge in [0.25, 0.3) is 0 Å². The Kier molecular flexibility index (Phi) is 9.51. The molecule has 1 aromatic carbocycles. The molecule has 0 saturated heterocycles. The summed E-state index contributed by atoms with van der Waals surface area (Å²) in [7, 11) is -3.04. The zero-order chi connectivity index (χ0) is 27.4. The molecule has 200 valence electrons. The van der Waals surface area contributed by atoms with Gasteiger partial charge < -0.3 is 25.2 Å². The summed E-state index contributed by atoms with van der Waals surface area (Å²) in [5.74, 6) is -7.16. The predicted molar refractivity (Wildman–Crippen MR) is 104 cm³/mol. The van der Waals surface area contributed by atoms with Crippen LogP contribution >= 0.6 is 8.25 Å². The quantitative estimate of drug-likeness (QED) is 0.159. The van der Waals surface area contributed by atoms with Crippen LogP contribution in [0.5, 0.6) is 0 Å². The van der Waals surface area contributed by atoms with Crippen molar-refractivity contribution in [1.82, 2.24) is 14.5 Å². The number of alkyl halides is 3. The van der Waals surface area contributed by atoms with Crippen LogP contribution in [0.2, 0.25) is 0 Å². The van der Waals surface area contributed by atoms with Crippen LogP contribution < -0.4 is 10.6 Å². The van der Waals surface area contributed by atoms with Crippen molar-refractivity contribution < 1.29 is 67.6 Å². The van der Waals surface area contributed by atoms with Gasteiger partial charge in [-0.1, -0.05) is 0 Å². The summed E-state index contributed by atoms with van der Waals surface area (Å²) in [6, 6.07) is 0.310. The Balaban J connectivity index is 0.00000104. The third-order valence-electron chi connectivity index (χ3n) is 4.94. The Morgan fingerprint density at radius 2 is 1.81 bits per heavy atom. The predicted octanol–water partition coefficient (Wildman–Crippen LogP) is 1.34. The smallest absolute Gasteiger partial charge is 0.521 e. The molecule has 1 amide bonds. The fourth-order valence-corrected chi connectivity index (χ4v) is 3.45. The lowest BCUT2D eigenvalue weighted by Gasteiger charge is -2.30. The number of benzene rings is 1. The zero-order valence-corrected chi connectivity index (χ0v) is 18.9. The topological polar surface area (TPSA) is 173 Å². The van der Waals surface area contributed by atoms with Gasteiger partial charge in [0.2, 0.25) is 11.7 Å². The zero-order valence-electron chi connectivity index (χ0n) is 18.0. The molecule has 1 aliphatic rings. The molecule has 0 aliphatic carbocycles. The number of carbonyl (C=O) groups is 2. The summed E-state index contributed by atoms with van der Waals surface area (Å²) < 4.78 is 91.9. The first-order chi connectivity index (χ1) is 16.6. The molecule has 5 N–H and O–H groups in total. The van der Waals surface area contributed by atoms with E-state index in [2.05, 4.69) is 15.4 Å². The maximum atomic E-state index is 13.8. The van der Waals surface area contributed by atoms with Crippen molar-refractivity contribution in [2.75, 3.05) is 6.54 Å². The highest BCUT2D eigenvalue weighted by Gasteiger charge is 2.41. The van der Waals surface area contributed by atoms with E-state index in [0.29, 0.717) is 12.1 Å². The van der Waals surface area contributed by atoms with E-state index >= 15 is 0 Å². The van der Waals surface area contributed by atoms with Crippen molar-refractivity contribution >= 4 is 20.1 Å². The Bertz CT molecular complexity index is 1170. The molecular weight excluding hydrogens is 529 g/mol. The third kappa shape index (κ3) is 7.20. The number of amides is 1. The Labute approximate surface area is 200 Å². The number of aromatic carboxylic acids is 1. The van der Waals surface area contributed by atoms with Crippen LogP contribution in [0.25, 0.3) is 0 Å². The van der Waals surface area contributed by atoms with Crippen LogP contribution in [0.15, 0.2) is 12.1 Å². The molecule has 2 atom stereocenters. The van der Waals surface area contributed by atoms with Gasteiger partial charge in [0, 0.05) is 31.7 Å². The van der Waals surface area contributed by atoms with E-state index in [-0.39, 0.29) is 38.6 Å². The number of hydrogen-bond donors (Lipinski definition) is 3. The first kappa shape index (κ1) is 29.1. The summed E-state index contributed by atoms with van der Waals surface area (Å²) >= 11 is 0. The van der Waals surface area contributed by atoms with E-state index in [0.717, 1.165) is 9.47 Å². The Morgan fingerprint density at radius 1 is 1.22 bits per heavy atom. The first-order valence-electron chi connectivity index (χ1n) is 9.75. The summed E-state index contributed by atoms with van der Waals surface area (Å²) in [6.07, 6.45) is -5.30. The third-order valence-corrected chi connectivity index (χ3v) is 5.08. The monoisotopic (exact) mass is 549 g/mol. The molecule has 1 aliphatic heterocycles. The highest BCUT2D eigenvalue weighted by atomic mass is 31.1. The van der Waals surface area contributed by atoms with Gasteiger partial charge in [0.05, 0.1) is 24.7 Å². The van der Waals surface area contributed by atoms with Gasteiger partial charge in [-0.05, 0) is 16.2 Å². The number of hydrogen-bond acceptors (Lipinski definition) is 7. The lowest BCUT2D eigenvalue weighted by molar-refractivity contribution is -0.418. The number of nitrogens with zero attached hydrogens (tertiary/aromatic N) is 3. The van der Waals surface area contributed by atoms with Gasteiger partial charge in [0.15, 0.2) is 17.3 Å². The van der Waals surface area contributed by atoms with Gasteiger partial charge >= 0.3 is 20.4 Å². The van der Waals surface area contributed by atoms with Crippen molar-refractivity contribution in [3.05, 3.63) is 52.4 Å². The van der Waals surface area contributed by atoms with Gasteiger partial charge in [-0.15, -0.1) is 0 Å². The van der Waals surface area contributed by atoms with E-state index in [9.17, 15) is 41.0 Å². The molecular formula is C18H20F6N4O7P+. The molecule has 3 rings (SSSR count). The molecule has 0 saturated carbocycles. The first-order valence-corrected chi connectivity index (χ1v) is 10.8. The van der Waals surface area contributed by atoms with Crippen LogP contribution in [-0.4, -0.2) is 49.3 Å². The second kappa shape index (κ2) is 11.7. The molecule has 11 nitrogen and oxygen atoms in total. The molecule has 0 fully saturated rings. The molecule has 2 heterocycles. The number of carboxylic acid groups (broad SMARTS) is 1. The fourth-order valence-electron chi connectivity index (χ4n) is 3.45. The molecule has 36 heavy (non-hydrogen) atoms. The number of carboxylic acids is 1. The number of carbonyl (C=O) groups excluding carboxylic acids is 1. The standard InChI is InChI=1S/C18H16F6N4O3.HO4P.H2/c19-10-6-12(21)11(20)4-8(10)3-9(25)5-14(29)27-1-2-28-13(7-27)15(16(30)31)26-17(28)18(22,23)24;1-4-5(2)3;/h4,6,9H,1-3,5,7,25H2,(H,30,31);1H;1H/p+1/t9-;;/m1../s1. The summed E-state index contributed by atoms with van der Waals surface area (Å²) in [4.78, 5) is 37.1. The fraction of sp³-hybridized carbons (Fsp3) is 0.389. The van der Waals surface area contributed by atoms with Crippen LogP contribution in [0.3, 0.4) is 0 Å². The largest absolute Gasteiger partial charge is 0.565 e. The lowest BCUT2D eigenvalue weighted by atomic mass is 10.0. The minimum atomic E-state index is -4.86. The van der Waals surface area contributed by atoms with E-state index in [1.54, 1.807) is 0 Å². The Hall–Kier alpha value is -3.11. The highest BCUT2D eigenvalue weighted by Crippen LogP contribution is 2.32. The maximum Gasteiger partial charge on any atom is 0.521 e. The molecule has 1 unspecified atom stereocenters. The van der Waals surface area contributed by atoms with Crippen molar-refractivity contribution in [3.8, 4) is 0 Å². The van der Waals surface area contributed by atoms with E-state index in [1.807, 2.05) is 0 Å². The number of rotatable bonds is 6. The average molecular weight is 549 g/mol. The number of fused-ring (bicyclic) bond motifs is 1. The SMILES string of the molecule is O=[P+]([O-])OO.[HH].[NH3+][C@@H](CC(=O)N1CCn2c(C(F)(F)F)nc(C(=O)O)c2C1)Cc1cc(F)c(F)cc1F. The van der Waals surface area contributed by atoms with Gasteiger partial charge in [0.1, 0.15) is 5.82 Å². The summed E-state index contributed by atoms with van der Waals surface area (Å²) in [5, 5.41) is 16.2. The van der Waals surface area contributed by atoms with Crippen molar-refractivity contribution in [1.29, 1.82) is 0 Å². The highest BCUT2D eigenvalue weighted by molar-refractivity contribution is 7.30. The molecule has 0 bridgehead atoms. The minimum Gasteiger partial charge on any atom is -0.565 e. The normalized spacial score (nSPS) is 14.5. The lowest BCUT2D eigenvalue weighted by Crippen LogP contribution is -2.63. The molecule has 18 heteroatoms. The molecule has 1 aromatic heterocycles. The van der Waals surface area contributed by atoms with Gasteiger partial charge in [-0.2, -0.15) is 13.2 Å². The second-order valence-corrected chi connectivity index (χ2v) is 8.05. The molecule has 0 spiro atoms. The minimum absolute atomic E-state index is 0. The summed E-state index contributed by atoms with van der Waals surface area (Å²) in [5.41, 5.74) is 2.47. The van der Waals surface area contributed by atoms with Crippen molar-refractivity contribution in [3.63, 3.8) is 0 Å². The van der Waals surface area contributed by atoms with Crippen molar-refractivity contribution in [2.24, 2.45) is 0 Å².